The van der Waals surface area contributed by atoms with Crippen LogP contribution in [0.3, 0.4) is 0 Å². The molecule has 1 saturated heterocycles. The van der Waals surface area contributed by atoms with Crippen molar-refractivity contribution in [2.45, 2.75) is 18.6 Å². The highest BCUT2D eigenvalue weighted by Crippen LogP contribution is 2.57. The first-order chi connectivity index (χ1) is 15.6. The first kappa shape index (κ1) is 20.2. The minimum absolute atomic E-state index is 0.135. The van der Waals surface area contributed by atoms with E-state index >= 15 is 0 Å². The van der Waals surface area contributed by atoms with Gasteiger partial charge in [0.2, 0.25) is 5.60 Å². The Morgan fingerprint density at radius 2 is 1.84 bits per heavy atom. The van der Waals surface area contributed by atoms with Crippen molar-refractivity contribution in [1.29, 1.82) is 0 Å². The van der Waals surface area contributed by atoms with Crippen LogP contribution in [0.15, 0.2) is 78.9 Å². The minimum Gasteiger partial charge on any atom is -0.466 e. The van der Waals surface area contributed by atoms with Crippen LogP contribution in [-0.2, 0) is 24.8 Å². The number of para-hydroxylation sites is 2. The molecule has 0 radical (unpaired) electrons. The van der Waals surface area contributed by atoms with Gasteiger partial charge in [-0.15, -0.1) is 0 Å². The predicted octanol–water partition coefficient (Wildman–Crippen LogP) is 4.35. The van der Waals surface area contributed by atoms with Crippen molar-refractivity contribution < 1.29 is 23.6 Å². The van der Waals surface area contributed by atoms with Crippen LogP contribution in [0.5, 0.6) is 0 Å². The van der Waals surface area contributed by atoms with Crippen LogP contribution < -0.4 is 10.4 Å². The van der Waals surface area contributed by atoms with Crippen molar-refractivity contribution in [3.05, 3.63) is 95.8 Å². The van der Waals surface area contributed by atoms with Crippen molar-refractivity contribution in [3.8, 4) is 0 Å². The maximum Gasteiger partial charge on any atom is 0.315 e. The van der Waals surface area contributed by atoms with Gasteiger partial charge in [-0.2, -0.15) is 0 Å². The van der Waals surface area contributed by atoms with Gasteiger partial charge in [-0.25, -0.2) is 9.45 Å². The number of halogens is 1. The van der Waals surface area contributed by atoms with E-state index in [2.05, 4.69) is 5.32 Å². The molecule has 1 fully saturated rings. The molecule has 6 nitrogen and oxygen atoms in total. The number of amides is 1. The molecule has 2 heterocycles. The van der Waals surface area contributed by atoms with E-state index in [0.717, 1.165) is 0 Å². The Hall–Kier alpha value is -3.71. The second-order valence-corrected chi connectivity index (χ2v) is 7.72. The smallest absolute Gasteiger partial charge is 0.315 e. The SMILES string of the molecule is CCOC(=O)[C@H]1[C@H](c2cccc(F)c2)N(c2ccccc2)OC12C(=O)Nc1ccccc12. The van der Waals surface area contributed by atoms with Crippen molar-refractivity contribution in [2.75, 3.05) is 17.0 Å². The topological polar surface area (TPSA) is 67.9 Å². The zero-order valence-electron chi connectivity index (χ0n) is 17.3. The summed E-state index contributed by atoms with van der Waals surface area (Å²) in [6, 6.07) is 21.4. The third-order valence-electron chi connectivity index (χ3n) is 5.90. The molecule has 1 N–H and O–H groups in total. The van der Waals surface area contributed by atoms with Crippen molar-refractivity contribution in [1.82, 2.24) is 0 Å². The molecule has 32 heavy (non-hydrogen) atoms. The van der Waals surface area contributed by atoms with Crippen LogP contribution in [0, 0.1) is 11.7 Å². The molecule has 0 aromatic heterocycles. The van der Waals surface area contributed by atoms with E-state index in [-0.39, 0.29) is 6.61 Å². The van der Waals surface area contributed by atoms with Crippen LogP contribution >= 0.6 is 0 Å². The molecule has 1 amide bonds. The van der Waals surface area contributed by atoms with Crippen molar-refractivity contribution in [2.24, 2.45) is 5.92 Å². The number of rotatable bonds is 4. The van der Waals surface area contributed by atoms with Gasteiger partial charge in [0, 0.05) is 11.3 Å². The van der Waals surface area contributed by atoms with Gasteiger partial charge in [0.1, 0.15) is 11.7 Å². The molecule has 2 aliphatic rings. The molecule has 7 heteroatoms. The number of anilines is 2. The highest BCUT2D eigenvalue weighted by atomic mass is 19.1. The summed E-state index contributed by atoms with van der Waals surface area (Å²) >= 11 is 0. The zero-order valence-corrected chi connectivity index (χ0v) is 17.3. The number of hydrogen-bond acceptors (Lipinski definition) is 5. The van der Waals surface area contributed by atoms with Crippen molar-refractivity contribution >= 4 is 23.3 Å². The first-order valence-corrected chi connectivity index (χ1v) is 10.4. The number of hydrogen-bond donors (Lipinski definition) is 1. The van der Waals surface area contributed by atoms with E-state index in [0.29, 0.717) is 22.5 Å². The van der Waals surface area contributed by atoms with Crippen LogP contribution in [0.2, 0.25) is 0 Å². The Kier molecular flexibility index (Phi) is 4.90. The molecular weight excluding hydrogens is 411 g/mol. The number of nitrogens with zero attached hydrogens (tertiary/aromatic N) is 1. The molecule has 2 aliphatic heterocycles. The lowest BCUT2D eigenvalue weighted by molar-refractivity contribution is -0.161. The highest BCUT2D eigenvalue weighted by molar-refractivity contribution is 6.08. The van der Waals surface area contributed by atoms with Gasteiger partial charge >= 0.3 is 5.97 Å². The summed E-state index contributed by atoms with van der Waals surface area (Å²) in [7, 11) is 0. The fraction of sp³-hybridized carbons (Fsp3) is 0.200. The lowest BCUT2D eigenvalue weighted by Gasteiger charge is -2.26. The van der Waals surface area contributed by atoms with Crippen LogP contribution in [-0.4, -0.2) is 18.5 Å². The van der Waals surface area contributed by atoms with Crippen LogP contribution in [0.4, 0.5) is 15.8 Å². The zero-order chi connectivity index (χ0) is 22.3. The standard InChI is InChI=1S/C25H21FN2O4/c1-2-31-23(29)21-22(16-9-8-10-17(26)15-16)28(18-11-4-3-5-12-18)32-25(21)19-13-6-7-14-20(19)27-24(25)30/h3-15,21-22H,2H2,1H3,(H,27,30)/t21-,22+,25?/m1/s1. The van der Waals surface area contributed by atoms with E-state index < -0.39 is 35.3 Å². The fourth-order valence-corrected chi connectivity index (χ4v) is 4.61. The monoisotopic (exact) mass is 432 g/mol. The van der Waals surface area contributed by atoms with E-state index in [9.17, 15) is 14.0 Å². The minimum atomic E-state index is -1.66. The largest absolute Gasteiger partial charge is 0.466 e. The fourth-order valence-electron chi connectivity index (χ4n) is 4.61. The molecule has 0 saturated carbocycles. The number of esters is 1. The third kappa shape index (κ3) is 2.97. The quantitative estimate of drug-likeness (QED) is 0.621. The van der Waals surface area contributed by atoms with E-state index in [4.69, 9.17) is 9.57 Å². The molecule has 3 atom stereocenters. The summed E-state index contributed by atoms with van der Waals surface area (Å²) in [5.74, 6) is -2.58. The number of hydroxylamine groups is 1. The average molecular weight is 432 g/mol. The number of benzene rings is 3. The Labute approximate surface area is 184 Å². The van der Waals surface area contributed by atoms with E-state index in [1.807, 2.05) is 30.3 Å². The number of fused-ring (bicyclic) bond motifs is 2. The Morgan fingerprint density at radius 1 is 1.09 bits per heavy atom. The summed E-state index contributed by atoms with van der Waals surface area (Å²) < 4.78 is 19.7. The summed E-state index contributed by atoms with van der Waals surface area (Å²) in [6.07, 6.45) is 0. The van der Waals surface area contributed by atoms with Gasteiger partial charge in [0.25, 0.3) is 5.91 Å². The third-order valence-corrected chi connectivity index (χ3v) is 5.90. The molecule has 0 aliphatic carbocycles. The Bertz CT molecular complexity index is 1190. The maximum atomic E-state index is 14.3. The van der Waals surface area contributed by atoms with Gasteiger partial charge < -0.3 is 10.1 Å². The van der Waals surface area contributed by atoms with Gasteiger partial charge in [-0.1, -0.05) is 48.5 Å². The average Bonchev–Trinajstić information content (AvgIpc) is 3.31. The molecule has 5 rings (SSSR count). The lowest BCUT2D eigenvalue weighted by atomic mass is 9.76. The summed E-state index contributed by atoms with van der Waals surface area (Å²) in [5, 5.41) is 4.37. The lowest BCUT2D eigenvalue weighted by Crippen LogP contribution is -2.45. The molecule has 3 aromatic rings. The van der Waals surface area contributed by atoms with E-state index in [1.54, 1.807) is 43.3 Å². The first-order valence-electron chi connectivity index (χ1n) is 10.4. The normalized spacial score (nSPS) is 23.8. The van der Waals surface area contributed by atoms with Crippen molar-refractivity contribution in [3.63, 3.8) is 0 Å². The molecule has 0 bridgehead atoms. The summed E-state index contributed by atoms with van der Waals surface area (Å²) in [4.78, 5) is 33.3. The Morgan fingerprint density at radius 3 is 2.59 bits per heavy atom. The highest BCUT2D eigenvalue weighted by Gasteiger charge is 2.67. The van der Waals surface area contributed by atoms with Gasteiger partial charge in [-0.3, -0.25) is 14.4 Å². The predicted molar refractivity (Wildman–Crippen MR) is 116 cm³/mol. The van der Waals surface area contributed by atoms with Crippen LogP contribution in [0.25, 0.3) is 0 Å². The molecule has 1 unspecified atom stereocenters. The second-order valence-electron chi connectivity index (χ2n) is 7.72. The Balaban J connectivity index is 1.77. The maximum absolute atomic E-state index is 14.3. The summed E-state index contributed by atoms with van der Waals surface area (Å²) in [5.41, 5.74) is 0.587. The summed E-state index contributed by atoms with van der Waals surface area (Å²) in [6.45, 7) is 1.84. The number of ether oxygens (including phenoxy) is 1. The number of carbonyl (C=O) groups excluding carboxylic acids is 2. The van der Waals surface area contributed by atoms with Gasteiger partial charge in [0.05, 0.1) is 18.3 Å². The number of carbonyl (C=O) groups is 2. The van der Waals surface area contributed by atoms with Gasteiger partial charge in [0.15, 0.2) is 0 Å². The number of nitrogens with one attached hydrogen (secondary N) is 1. The van der Waals surface area contributed by atoms with Gasteiger partial charge in [-0.05, 0) is 42.8 Å². The molecular formula is C25H21FN2O4. The second kappa shape index (κ2) is 7.76. The molecule has 1 spiro atoms. The van der Waals surface area contributed by atoms with E-state index in [1.165, 1.54) is 17.2 Å². The molecule has 3 aromatic carbocycles. The van der Waals surface area contributed by atoms with Crippen LogP contribution in [0.1, 0.15) is 24.1 Å². The molecule has 162 valence electrons.